The summed E-state index contributed by atoms with van der Waals surface area (Å²) in [5.74, 6) is 1.86. The number of methoxy groups -OCH3 is 1. The monoisotopic (exact) mass is 333 g/mol. The molecule has 1 fully saturated rings. The molecule has 4 nitrogen and oxygen atoms in total. The number of aromatic nitrogens is 2. The Morgan fingerprint density at radius 2 is 1.76 bits per heavy atom. The van der Waals surface area contributed by atoms with Crippen molar-refractivity contribution in [3.8, 4) is 5.75 Å². The van der Waals surface area contributed by atoms with E-state index >= 15 is 0 Å². The third-order valence-corrected chi connectivity index (χ3v) is 5.13. The first-order valence-electron chi connectivity index (χ1n) is 8.73. The highest BCUT2D eigenvalue weighted by Crippen LogP contribution is 2.39. The molecule has 2 atom stereocenters. The van der Waals surface area contributed by atoms with Gasteiger partial charge in [-0.25, -0.2) is 0 Å². The molecule has 1 aromatic heterocycles. The second-order valence-corrected chi connectivity index (χ2v) is 6.64. The molecule has 0 radical (unpaired) electrons. The molecule has 2 heterocycles. The molecule has 3 aromatic rings. The zero-order chi connectivity index (χ0) is 17.1. The van der Waals surface area contributed by atoms with Crippen LogP contribution in [0.4, 0.5) is 0 Å². The van der Waals surface area contributed by atoms with Gasteiger partial charge in [-0.05, 0) is 17.7 Å². The Hall–Kier alpha value is -2.59. The molecule has 4 rings (SSSR count). The predicted molar refractivity (Wildman–Crippen MR) is 98.8 cm³/mol. The minimum Gasteiger partial charge on any atom is -0.496 e. The lowest BCUT2D eigenvalue weighted by Gasteiger charge is -2.18. The molecule has 0 spiro atoms. The lowest BCUT2D eigenvalue weighted by molar-refractivity contribution is 0.314. The van der Waals surface area contributed by atoms with Crippen LogP contribution in [0.3, 0.4) is 0 Å². The number of hydrogen-bond donors (Lipinski definition) is 1. The molecule has 1 saturated heterocycles. The maximum absolute atomic E-state index is 5.52. The van der Waals surface area contributed by atoms with Gasteiger partial charge in [-0.15, -0.1) is 0 Å². The topological polar surface area (TPSA) is 41.1 Å². The molecule has 1 aliphatic heterocycles. The summed E-state index contributed by atoms with van der Waals surface area (Å²) >= 11 is 0. The number of ether oxygens (including phenoxy) is 1. The molecule has 0 bridgehead atoms. The SMILES string of the molecule is COc1ccccc1CN1C[C@@H](c2ccccc2)[C@H](c2ccn[nH]2)C1. The standard InChI is InChI=1S/C21H23N3O/c1-25-21-10-6-5-9-17(21)13-24-14-18(16-7-3-2-4-8-16)19(15-24)20-11-12-22-23-20/h2-12,18-19H,13-15H2,1H3,(H,22,23)/t18-,19+/m0/s1. The van der Waals surface area contributed by atoms with E-state index in [-0.39, 0.29) is 0 Å². The van der Waals surface area contributed by atoms with E-state index in [9.17, 15) is 0 Å². The van der Waals surface area contributed by atoms with Gasteiger partial charge in [0.15, 0.2) is 0 Å². The molecular formula is C21H23N3O. The first-order chi connectivity index (χ1) is 12.3. The average molecular weight is 333 g/mol. The zero-order valence-electron chi connectivity index (χ0n) is 14.4. The number of rotatable bonds is 5. The molecule has 0 aliphatic carbocycles. The zero-order valence-corrected chi connectivity index (χ0v) is 14.4. The van der Waals surface area contributed by atoms with E-state index in [2.05, 4.69) is 63.6 Å². The van der Waals surface area contributed by atoms with Crippen LogP contribution in [0, 0.1) is 0 Å². The Morgan fingerprint density at radius 1 is 1.00 bits per heavy atom. The first-order valence-corrected chi connectivity index (χ1v) is 8.73. The van der Waals surface area contributed by atoms with Crippen molar-refractivity contribution < 1.29 is 4.74 Å². The lowest BCUT2D eigenvalue weighted by atomic mass is 9.87. The first kappa shape index (κ1) is 15.9. The van der Waals surface area contributed by atoms with E-state index in [1.165, 1.54) is 16.8 Å². The van der Waals surface area contributed by atoms with Crippen molar-refractivity contribution in [2.75, 3.05) is 20.2 Å². The van der Waals surface area contributed by atoms with Crippen LogP contribution in [0.1, 0.15) is 28.7 Å². The van der Waals surface area contributed by atoms with E-state index in [0.717, 1.165) is 25.4 Å². The fourth-order valence-electron chi connectivity index (χ4n) is 3.92. The highest BCUT2D eigenvalue weighted by Gasteiger charge is 2.35. The third-order valence-electron chi connectivity index (χ3n) is 5.13. The van der Waals surface area contributed by atoms with Crippen LogP contribution < -0.4 is 4.74 Å². The number of hydrogen-bond acceptors (Lipinski definition) is 3. The van der Waals surface area contributed by atoms with Gasteiger partial charge in [-0.2, -0.15) is 5.10 Å². The molecule has 1 aliphatic rings. The molecule has 0 amide bonds. The maximum atomic E-state index is 5.52. The summed E-state index contributed by atoms with van der Waals surface area (Å²) in [7, 11) is 1.74. The van der Waals surface area contributed by atoms with E-state index in [4.69, 9.17) is 4.74 Å². The van der Waals surface area contributed by atoms with Gasteiger partial charge in [0.1, 0.15) is 5.75 Å². The Balaban J connectivity index is 1.59. The van der Waals surface area contributed by atoms with Gasteiger partial charge in [0.25, 0.3) is 0 Å². The fourth-order valence-corrected chi connectivity index (χ4v) is 3.92. The van der Waals surface area contributed by atoms with Gasteiger partial charge in [-0.3, -0.25) is 10.00 Å². The van der Waals surface area contributed by atoms with Gasteiger partial charge >= 0.3 is 0 Å². The molecule has 128 valence electrons. The smallest absolute Gasteiger partial charge is 0.123 e. The molecule has 2 aromatic carbocycles. The number of aromatic amines is 1. The summed E-state index contributed by atoms with van der Waals surface area (Å²) in [6.07, 6.45) is 1.85. The van der Waals surface area contributed by atoms with Crippen molar-refractivity contribution >= 4 is 0 Å². The molecule has 25 heavy (non-hydrogen) atoms. The Morgan fingerprint density at radius 3 is 2.52 bits per heavy atom. The van der Waals surface area contributed by atoms with Crippen molar-refractivity contribution in [1.29, 1.82) is 0 Å². The number of H-pyrrole nitrogens is 1. The highest BCUT2D eigenvalue weighted by atomic mass is 16.5. The maximum Gasteiger partial charge on any atom is 0.123 e. The molecule has 4 heteroatoms. The van der Waals surface area contributed by atoms with Crippen LogP contribution in [0.25, 0.3) is 0 Å². The molecule has 1 N–H and O–H groups in total. The largest absolute Gasteiger partial charge is 0.496 e. The number of likely N-dealkylation sites (tertiary alicyclic amines) is 1. The predicted octanol–water partition coefficient (Wildman–Crippen LogP) is 3.80. The van der Waals surface area contributed by atoms with E-state index in [0.29, 0.717) is 11.8 Å². The minimum absolute atomic E-state index is 0.430. The van der Waals surface area contributed by atoms with Gasteiger partial charge in [0, 0.05) is 48.9 Å². The van der Waals surface area contributed by atoms with Crippen molar-refractivity contribution in [2.24, 2.45) is 0 Å². The quantitative estimate of drug-likeness (QED) is 0.772. The highest BCUT2D eigenvalue weighted by molar-refractivity contribution is 5.34. The Kier molecular flexibility index (Phi) is 4.53. The summed E-state index contributed by atoms with van der Waals surface area (Å²) in [4.78, 5) is 2.51. The van der Waals surface area contributed by atoms with Crippen LogP contribution in [0.5, 0.6) is 5.75 Å². The van der Waals surface area contributed by atoms with Gasteiger partial charge < -0.3 is 4.74 Å². The van der Waals surface area contributed by atoms with E-state index < -0.39 is 0 Å². The Labute approximate surface area is 148 Å². The van der Waals surface area contributed by atoms with Gasteiger partial charge in [-0.1, -0.05) is 48.5 Å². The van der Waals surface area contributed by atoms with E-state index in [1.807, 2.05) is 18.3 Å². The number of nitrogens with zero attached hydrogens (tertiary/aromatic N) is 2. The van der Waals surface area contributed by atoms with Crippen molar-refractivity contribution in [1.82, 2.24) is 15.1 Å². The number of para-hydroxylation sites is 1. The average Bonchev–Trinajstić information content (AvgIpc) is 3.32. The van der Waals surface area contributed by atoms with Crippen molar-refractivity contribution in [2.45, 2.75) is 18.4 Å². The fraction of sp³-hybridized carbons (Fsp3) is 0.286. The summed E-state index contributed by atoms with van der Waals surface area (Å²) < 4.78 is 5.52. The van der Waals surface area contributed by atoms with Gasteiger partial charge in [0.2, 0.25) is 0 Å². The van der Waals surface area contributed by atoms with Crippen LogP contribution >= 0.6 is 0 Å². The number of benzene rings is 2. The summed E-state index contributed by atoms with van der Waals surface area (Å²) in [6.45, 7) is 2.95. The van der Waals surface area contributed by atoms with Crippen LogP contribution in [-0.2, 0) is 6.54 Å². The van der Waals surface area contributed by atoms with Crippen LogP contribution in [0.2, 0.25) is 0 Å². The van der Waals surface area contributed by atoms with Crippen LogP contribution in [0.15, 0.2) is 66.9 Å². The second-order valence-electron chi connectivity index (χ2n) is 6.64. The van der Waals surface area contributed by atoms with Crippen molar-refractivity contribution in [3.63, 3.8) is 0 Å². The summed E-state index contributed by atoms with van der Waals surface area (Å²) in [5, 5.41) is 7.35. The Bertz CT molecular complexity index is 801. The summed E-state index contributed by atoms with van der Waals surface area (Å²) in [6, 6.07) is 21.2. The third kappa shape index (κ3) is 3.30. The normalized spacial score (nSPS) is 20.7. The molecule has 0 saturated carbocycles. The number of nitrogens with one attached hydrogen (secondary N) is 1. The molecule has 0 unspecified atom stereocenters. The minimum atomic E-state index is 0.430. The second kappa shape index (κ2) is 7.11. The van der Waals surface area contributed by atoms with Gasteiger partial charge in [0.05, 0.1) is 7.11 Å². The summed E-state index contributed by atoms with van der Waals surface area (Å²) in [5.41, 5.74) is 3.85. The van der Waals surface area contributed by atoms with Crippen molar-refractivity contribution in [3.05, 3.63) is 83.7 Å². The molecular weight excluding hydrogens is 310 g/mol. The lowest BCUT2D eigenvalue weighted by Crippen LogP contribution is -2.20. The van der Waals surface area contributed by atoms with Crippen LogP contribution in [-0.4, -0.2) is 35.3 Å². The van der Waals surface area contributed by atoms with E-state index in [1.54, 1.807) is 7.11 Å².